The molecule has 0 aliphatic heterocycles. The van der Waals surface area contributed by atoms with Crippen molar-refractivity contribution in [2.75, 3.05) is 20.2 Å². The molecule has 1 aromatic heterocycles. The SMILES string of the molecule is Cc1nc(CN(C)CC2(CO)CCCC2)n[nH]1.O=CO. The molecule has 1 aliphatic carbocycles. The molecule has 7 nitrogen and oxygen atoms in total. The molecule has 0 amide bonds. The van der Waals surface area contributed by atoms with Gasteiger partial charge < -0.3 is 10.2 Å². The fourth-order valence-corrected chi connectivity index (χ4v) is 2.82. The summed E-state index contributed by atoms with van der Waals surface area (Å²) >= 11 is 0. The predicted molar refractivity (Wildman–Crippen MR) is 74.1 cm³/mol. The van der Waals surface area contributed by atoms with Gasteiger partial charge in [0.2, 0.25) is 0 Å². The number of aliphatic hydroxyl groups is 1. The standard InChI is InChI=1S/C12H22N4O.CH2O2/c1-10-13-11(15-14-10)7-16(2)8-12(9-17)5-3-4-6-12;2-1-3/h17H,3-9H2,1-2H3,(H,13,14,15);1H,(H,2,3). The Hall–Kier alpha value is -1.47. The summed E-state index contributed by atoms with van der Waals surface area (Å²) in [7, 11) is 2.07. The number of H-pyrrole nitrogens is 1. The molecule has 1 aliphatic rings. The van der Waals surface area contributed by atoms with Crippen LogP contribution in [0.5, 0.6) is 0 Å². The van der Waals surface area contributed by atoms with E-state index in [1.807, 2.05) is 6.92 Å². The van der Waals surface area contributed by atoms with E-state index in [0.717, 1.165) is 37.6 Å². The summed E-state index contributed by atoms with van der Waals surface area (Å²) in [6, 6.07) is 0. The number of carbonyl (C=O) groups is 1. The van der Waals surface area contributed by atoms with Gasteiger partial charge in [0.15, 0.2) is 5.82 Å². The molecule has 7 heteroatoms. The molecule has 0 radical (unpaired) electrons. The summed E-state index contributed by atoms with van der Waals surface area (Å²) < 4.78 is 0. The molecule has 1 heterocycles. The van der Waals surface area contributed by atoms with Crippen LogP contribution in [0.4, 0.5) is 0 Å². The van der Waals surface area contributed by atoms with Gasteiger partial charge in [-0.15, -0.1) is 0 Å². The van der Waals surface area contributed by atoms with Gasteiger partial charge in [-0.05, 0) is 26.8 Å². The molecule has 0 bridgehead atoms. The van der Waals surface area contributed by atoms with Gasteiger partial charge in [0, 0.05) is 18.6 Å². The molecule has 0 atom stereocenters. The first-order valence-corrected chi connectivity index (χ1v) is 6.80. The Balaban J connectivity index is 0.000000612. The second kappa shape index (κ2) is 7.96. The summed E-state index contributed by atoms with van der Waals surface area (Å²) in [6.45, 7) is 3.62. The van der Waals surface area contributed by atoms with Gasteiger partial charge in [0.1, 0.15) is 5.82 Å². The van der Waals surface area contributed by atoms with Crippen LogP contribution in [-0.4, -0.2) is 57.0 Å². The minimum atomic E-state index is -0.250. The van der Waals surface area contributed by atoms with Crippen molar-refractivity contribution in [3.8, 4) is 0 Å². The highest BCUT2D eigenvalue weighted by Crippen LogP contribution is 2.38. The number of hydrogen-bond donors (Lipinski definition) is 3. The lowest BCUT2D eigenvalue weighted by Gasteiger charge is -2.31. The Kier molecular flexibility index (Phi) is 6.60. The molecule has 0 unspecified atom stereocenters. The highest BCUT2D eigenvalue weighted by atomic mass is 16.3. The van der Waals surface area contributed by atoms with Crippen molar-refractivity contribution in [1.82, 2.24) is 20.1 Å². The highest BCUT2D eigenvalue weighted by Gasteiger charge is 2.34. The van der Waals surface area contributed by atoms with Crippen LogP contribution >= 0.6 is 0 Å². The van der Waals surface area contributed by atoms with E-state index >= 15 is 0 Å². The molecule has 0 spiro atoms. The highest BCUT2D eigenvalue weighted by molar-refractivity contribution is 5.32. The predicted octanol–water partition coefficient (Wildman–Crippen LogP) is 0.798. The van der Waals surface area contributed by atoms with E-state index < -0.39 is 0 Å². The summed E-state index contributed by atoms with van der Waals surface area (Å²) in [4.78, 5) is 14.9. The summed E-state index contributed by atoms with van der Waals surface area (Å²) in [5.41, 5.74) is 0.111. The van der Waals surface area contributed by atoms with E-state index in [1.165, 1.54) is 12.8 Å². The second-order valence-corrected chi connectivity index (χ2v) is 5.48. The van der Waals surface area contributed by atoms with Crippen molar-refractivity contribution in [3.63, 3.8) is 0 Å². The Bertz CT molecular complexity index is 402. The summed E-state index contributed by atoms with van der Waals surface area (Å²) in [5.74, 6) is 1.68. The maximum absolute atomic E-state index is 9.57. The van der Waals surface area contributed by atoms with Gasteiger partial charge in [-0.25, -0.2) is 4.98 Å². The average Bonchev–Trinajstić information content (AvgIpc) is 3.00. The smallest absolute Gasteiger partial charge is 0.290 e. The molecular formula is C13H24N4O3. The largest absolute Gasteiger partial charge is 0.483 e. The minimum absolute atomic E-state index is 0.111. The summed E-state index contributed by atoms with van der Waals surface area (Å²) in [6.07, 6.45) is 4.77. The third-order valence-corrected chi connectivity index (χ3v) is 3.66. The number of nitrogens with one attached hydrogen (secondary N) is 1. The number of hydrogen-bond acceptors (Lipinski definition) is 5. The topological polar surface area (TPSA) is 102 Å². The van der Waals surface area contributed by atoms with E-state index in [4.69, 9.17) is 9.90 Å². The van der Waals surface area contributed by atoms with Crippen molar-refractivity contribution in [3.05, 3.63) is 11.6 Å². The molecule has 2 rings (SSSR count). The number of aromatic amines is 1. The lowest BCUT2D eigenvalue weighted by Crippen LogP contribution is -2.36. The minimum Gasteiger partial charge on any atom is -0.483 e. The third kappa shape index (κ3) is 4.90. The molecule has 1 saturated carbocycles. The Labute approximate surface area is 119 Å². The zero-order valence-corrected chi connectivity index (χ0v) is 12.2. The van der Waals surface area contributed by atoms with Gasteiger partial charge in [0.05, 0.1) is 6.54 Å². The molecule has 0 aromatic carbocycles. The normalized spacial score (nSPS) is 16.8. The van der Waals surface area contributed by atoms with Crippen molar-refractivity contribution in [1.29, 1.82) is 0 Å². The van der Waals surface area contributed by atoms with Crippen LogP contribution in [0.2, 0.25) is 0 Å². The summed E-state index contributed by atoms with van der Waals surface area (Å²) in [5, 5.41) is 23.5. The van der Waals surface area contributed by atoms with Crippen LogP contribution in [0, 0.1) is 12.3 Å². The van der Waals surface area contributed by atoms with Gasteiger partial charge in [-0.2, -0.15) is 5.10 Å². The molecule has 1 fully saturated rings. The lowest BCUT2D eigenvalue weighted by molar-refractivity contribution is -0.122. The Morgan fingerprint density at radius 1 is 1.45 bits per heavy atom. The number of rotatable bonds is 5. The van der Waals surface area contributed by atoms with Gasteiger partial charge >= 0.3 is 0 Å². The lowest BCUT2D eigenvalue weighted by atomic mass is 9.87. The first kappa shape index (κ1) is 16.6. The number of aromatic nitrogens is 3. The van der Waals surface area contributed by atoms with Crippen LogP contribution in [0.1, 0.15) is 37.3 Å². The van der Waals surface area contributed by atoms with E-state index in [-0.39, 0.29) is 11.9 Å². The van der Waals surface area contributed by atoms with Gasteiger partial charge in [-0.3, -0.25) is 14.8 Å². The van der Waals surface area contributed by atoms with Crippen molar-refractivity contribution >= 4 is 6.47 Å². The molecular weight excluding hydrogens is 260 g/mol. The molecule has 20 heavy (non-hydrogen) atoms. The Morgan fingerprint density at radius 3 is 2.50 bits per heavy atom. The first-order valence-electron chi connectivity index (χ1n) is 6.80. The second-order valence-electron chi connectivity index (χ2n) is 5.48. The van der Waals surface area contributed by atoms with Crippen LogP contribution in [0.25, 0.3) is 0 Å². The van der Waals surface area contributed by atoms with E-state index in [2.05, 4.69) is 27.1 Å². The van der Waals surface area contributed by atoms with E-state index in [9.17, 15) is 5.11 Å². The van der Waals surface area contributed by atoms with Crippen LogP contribution in [0.3, 0.4) is 0 Å². The molecule has 1 aromatic rings. The number of carboxylic acid groups (broad SMARTS) is 1. The first-order chi connectivity index (χ1) is 9.55. The maximum atomic E-state index is 9.57. The fourth-order valence-electron chi connectivity index (χ4n) is 2.82. The maximum Gasteiger partial charge on any atom is 0.290 e. The van der Waals surface area contributed by atoms with Crippen LogP contribution < -0.4 is 0 Å². The van der Waals surface area contributed by atoms with Crippen LogP contribution in [0.15, 0.2) is 0 Å². The Morgan fingerprint density at radius 2 is 2.05 bits per heavy atom. The zero-order chi connectivity index (χ0) is 15.0. The molecule has 114 valence electrons. The van der Waals surface area contributed by atoms with Gasteiger partial charge in [-0.1, -0.05) is 12.8 Å². The third-order valence-electron chi connectivity index (χ3n) is 3.66. The van der Waals surface area contributed by atoms with E-state index in [1.54, 1.807) is 0 Å². The van der Waals surface area contributed by atoms with Crippen molar-refractivity contribution in [2.45, 2.75) is 39.2 Å². The van der Waals surface area contributed by atoms with E-state index in [0.29, 0.717) is 6.61 Å². The quantitative estimate of drug-likeness (QED) is 0.691. The number of aliphatic hydroxyl groups excluding tert-OH is 1. The average molecular weight is 284 g/mol. The monoisotopic (exact) mass is 284 g/mol. The molecule has 3 N–H and O–H groups in total. The fraction of sp³-hybridized carbons (Fsp3) is 0.769. The van der Waals surface area contributed by atoms with Gasteiger partial charge in [0.25, 0.3) is 6.47 Å². The number of aryl methyl sites for hydroxylation is 1. The number of nitrogens with zero attached hydrogens (tertiary/aromatic N) is 3. The van der Waals surface area contributed by atoms with Crippen molar-refractivity contribution in [2.24, 2.45) is 5.41 Å². The zero-order valence-electron chi connectivity index (χ0n) is 12.2. The van der Waals surface area contributed by atoms with Crippen molar-refractivity contribution < 1.29 is 15.0 Å². The van der Waals surface area contributed by atoms with Crippen LogP contribution in [-0.2, 0) is 11.3 Å². The molecule has 0 saturated heterocycles.